The highest BCUT2D eigenvalue weighted by Crippen LogP contribution is 2.14. The van der Waals surface area contributed by atoms with Crippen molar-refractivity contribution in [2.45, 2.75) is 13.0 Å². The summed E-state index contributed by atoms with van der Waals surface area (Å²) in [5, 5.41) is 8.76. The van der Waals surface area contributed by atoms with Crippen LogP contribution in [0.5, 0.6) is 5.75 Å². The van der Waals surface area contributed by atoms with E-state index >= 15 is 0 Å². The molecule has 0 atom stereocenters. The van der Waals surface area contributed by atoms with Crippen LogP contribution in [-0.2, 0) is 16.8 Å². The topological polar surface area (TPSA) is 70.1 Å². The summed E-state index contributed by atoms with van der Waals surface area (Å²) in [5.41, 5.74) is 0.882. The molecule has 0 spiro atoms. The average Bonchev–Trinajstić information content (AvgIpc) is 2.45. The largest absolute Gasteiger partial charge is 0.497 e. The Morgan fingerprint density at radius 2 is 1.75 bits per heavy atom. The average molecular weight is 302 g/mol. The molecular formula is C13H22N2O4S. The minimum Gasteiger partial charge on any atom is -0.497 e. The molecule has 6 nitrogen and oxygen atoms in total. The molecular weight excluding hydrogens is 280 g/mol. The molecule has 0 aliphatic heterocycles. The molecule has 0 heterocycles. The van der Waals surface area contributed by atoms with Crippen LogP contribution >= 0.6 is 0 Å². The van der Waals surface area contributed by atoms with E-state index in [1.165, 1.54) is 22.7 Å². The molecule has 0 saturated carbocycles. The summed E-state index contributed by atoms with van der Waals surface area (Å²) in [6.07, 6.45) is 0.423. The number of methoxy groups -OCH3 is 1. The van der Waals surface area contributed by atoms with Gasteiger partial charge in [0.15, 0.2) is 0 Å². The first-order chi connectivity index (χ1) is 9.41. The van der Waals surface area contributed by atoms with E-state index < -0.39 is 10.2 Å². The lowest BCUT2D eigenvalue weighted by atomic mass is 10.2. The van der Waals surface area contributed by atoms with Gasteiger partial charge in [-0.15, -0.1) is 0 Å². The lowest BCUT2D eigenvalue weighted by Gasteiger charge is -2.24. The molecule has 0 amide bonds. The van der Waals surface area contributed by atoms with Gasteiger partial charge in [0.25, 0.3) is 10.2 Å². The van der Waals surface area contributed by atoms with E-state index in [2.05, 4.69) is 0 Å². The van der Waals surface area contributed by atoms with Gasteiger partial charge in [-0.2, -0.15) is 17.0 Å². The van der Waals surface area contributed by atoms with Gasteiger partial charge in [0.05, 0.1) is 7.11 Å². The maximum atomic E-state index is 12.2. The smallest absolute Gasteiger partial charge is 0.281 e. The van der Waals surface area contributed by atoms with E-state index in [0.29, 0.717) is 13.0 Å². The summed E-state index contributed by atoms with van der Waals surface area (Å²) in [7, 11) is 1.13. The lowest BCUT2D eigenvalue weighted by molar-refractivity contribution is 0.272. The highest BCUT2D eigenvalue weighted by Gasteiger charge is 2.23. The van der Waals surface area contributed by atoms with E-state index in [4.69, 9.17) is 9.84 Å². The Labute approximate surface area is 120 Å². The molecule has 7 heteroatoms. The molecule has 0 bridgehead atoms. The van der Waals surface area contributed by atoms with Gasteiger partial charge in [0.2, 0.25) is 0 Å². The van der Waals surface area contributed by atoms with Gasteiger partial charge in [-0.1, -0.05) is 12.1 Å². The predicted octanol–water partition coefficient (Wildman–Crippen LogP) is 0.686. The minimum absolute atomic E-state index is 0.0257. The Balaban J connectivity index is 2.70. The summed E-state index contributed by atoms with van der Waals surface area (Å²) in [4.78, 5) is 0. The molecule has 20 heavy (non-hydrogen) atoms. The fourth-order valence-corrected chi connectivity index (χ4v) is 2.86. The first-order valence-corrected chi connectivity index (χ1v) is 7.73. The molecule has 0 aliphatic carbocycles. The van der Waals surface area contributed by atoms with Crippen LogP contribution in [0.15, 0.2) is 24.3 Å². The van der Waals surface area contributed by atoms with Gasteiger partial charge in [-0.05, 0) is 24.1 Å². The number of ether oxygens (including phenoxy) is 1. The zero-order valence-electron chi connectivity index (χ0n) is 12.1. The van der Waals surface area contributed by atoms with E-state index in [9.17, 15) is 8.42 Å². The lowest BCUT2D eigenvalue weighted by Crippen LogP contribution is -2.39. The van der Waals surface area contributed by atoms with Crippen LogP contribution in [-0.4, -0.2) is 56.5 Å². The third kappa shape index (κ3) is 4.45. The van der Waals surface area contributed by atoms with Gasteiger partial charge in [-0.25, -0.2) is 0 Å². The van der Waals surface area contributed by atoms with Gasteiger partial charge in [0.1, 0.15) is 5.75 Å². The van der Waals surface area contributed by atoms with Crippen molar-refractivity contribution in [3.05, 3.63) is 29.8 Å². The summed E-state index contributed by atoms with van der Waals surface area (Å²) >= 11 is 0. The van der Waals surface area contributed by atoms with Crippen LogP contribution in [0, 0.1) is 0 Å². The van der Waals surface area contributed by atoms with Crippen LogP contribution in [0.25, 0.3) is 0 Å². The number of aliphatic hydroxyl groups is 1. The van der Waals surface area contributed by atoms with Crippen LogP contribution in [0.3, 0.4) is 0 Å². The zero-order chi connectivity index (χ0) is 15.2. The molecule has 0 unspecified atom stereocenters. The number of benzene rings is 1. The van der Waals surface area contributed by atoms with Crippen molar-refractivity contribution < 1.29 is 18.3 Å². The molecule has 1 N–H and O–H groups in total. The van der Waals surface area contributed by atoms with Crippen molar-refractivity contribution in [3.8, 4) is 5.75 Å². The number of nitrogens with zero attached hydrogens (tertiary/aromatic N) is 2. The fourth-order valence-electron chi connectivity index (χ4n) is 1.72. The number of hydrogen-bond donors (Lipinski definition) is 1. The second-order valence-electron chi connectivity index (χ2n) is 4.51. The SMILES string of the molecule is COc1ccc(CN(C)S(=O)(=O)N(C)CCCO)cc1. The predicted molar refractivity (Wildman–Crippen MR) is 77.7 cm³/mol. The molecule has 114 valence electrons. The molecule has 1 rings (SSSR count). The highest BCUT2D eigenvalue weighted by atomic mass is 32.2. The Morgan fingerprint density at radius 3 is 2.25 bits per heavy atom. The third-order valence-electron chi connectivity index (χ3n) is 2.98. The van der Waals surface area contributed by atoms with E-state index in [-0.39, 0.29) is 13.2 Å². The first kappa shape index (κ1) is 16.9. The van der Waals surface area contributed by atoms with Crippen molar-refractivity contribution in [2.24, 2.45) is 0 Å². The van der Waals surface area contributed by atoms with Crippen molar-refractivity contribution in [1.29, 1.82) is 0 Å². The van der Waals surface area contributed by atoms with Crippen molar-refractivity contribution in [3.63, 3.8) is 0 Å². The van der Waals surface area contributed by atoms with Crippen LogP contribution in [0.2, 0.25) is 0 Å². The molecule has 0 saturated heterocycles. The Hall–Kier alpha value is -1.15. The fraction of sp³-hybridized carbons (Fsp3) is 0.538. The summed E-state index contributed by atoms with van der Waals surface area (Å²) in [6, 6.07) is 7.26. The minimum atomic E-state index is -3.50. The standard InChI is InChI=1S/C13H22N2O4S/c1-14(9-4-10-16)20(17,18)15(2)11-12-5-7-13(19-3)8-6-12/h5-8,16H,4,9-11H2,1-3H3. The summed E-state index contributed by atoms with van der Waals surface area (Å²) in [6.45, 7) is 0.559. The molecule has 0 aromatic heterocycles. The number of rotatable bonds is 8. The number of hydrogen-bond acceptors (Lipinski definition) is 4. The Kier molecular flexibility index (Phi) is 6.41. The van der Waals surface area contributed by atoms with Crippen LogP contribution in [0.1, 0.15) is 12.0 Å². The van der Waals surface area contributed by atoms with Crippen LogP contribution < -0.4 is 4.74 Å². The Morgan fingerprint density at radius 1 is 1.15 bits per heavy atom. The second-order valence-corrected chi connectivity index (χ2v) is 6.65. The van der Waals surface area contributed by atoms with E-state index in [0.717, 1.165) is 11.3 Å². The highest BCUT2D eigenvalue weighted by molar-refractivity contribution is 7.86. The van der Waals surface area contributed by atoms with Gasteiger partial charge in [-0.3, -0.25) is 0 Å². The molecule has 0 radical (unpaired) electrons. The van der Waals surface area contributed by atoms with Crippen molar-refractivity contribution in [2.75, 3.05) is 34.4 Å². The quantitative estimate of drug-likeness (QED) is 0.767. The zero-order valence-corrected chi connectivity index (χ0v) is 12.9. The maximum Gasteiger partial charge on any atom is 0.281 e. The van der Waals surface area contributed by atoms with Gasteiger partial charge < -0.3 is 9.84 Å². The molecule has 0 aliphatic rings. The number of aliphatic hydroxyl groups excluding tert-OH is 1. The summed E-state index contributed by atoms with van der Waals surface area (Å²) < 4.78 is 32.0. The maximum absolute atomic E-state index is 12.2. The van der Waals surface area contributed by atoms with Gasteiger partial charge in [0, 0.05) is 33.8 Å². The first-order valence-electron chi connectivity index (χ1n) is 6.33. The van der Waals surface area contributed by atoms with Crippen molar-refractivity contribution >= 4 is 10.2 Å². The molecule has 1 aromatic rings. The van der Waals surface area contributed by atoms with Crippen molar-refractivity contribution in [1.82, 2.24) is 8.61 Å². The molecule has 0 fully saturated rings. The molecule has 1 aromatic carbocycles. The van der Waals surface area contributed by atoms with Crippen LogP contribution in [0.4, 0.5) is 0 Å². The van der Waals surface area contributed by atoms with Gasteiger partial charge >= 0.3 is 0 Å². The summed E-state index contributed by atoms with van der Waals surface area (Å²) in [5.74, 6) is 0.735. The third-order valence-corrected chi connectivity index (χ3v) is 4.87. The normalized spacial score (nSPS) is 12.1. The Bertz CT molecular complexity index is 502. The van der Waals surface area contributed by atoms with E-state index in [1.54, 1.807) is 19.2 Å². The second kappa shape index (κ2) is 7.58. The monoisotopic (exact) mass is 302 g/mol. The van der Waals surface area contributed by atoms with E-state index in [1.807, 2.05) is 12.1 Å².